The topological polar surface area (TPSA) is 105 Å². The SMILES string of the molecule is COc1ccc(C(NC(=O)OCC2c3ccccc3-c3ccccc32)C(=O)O)cc1O. The number of alkyl carbamates (subject to hydrolysis) is 1. The maximum Gasteiger partial charge on any atom is 0.408 e. The van der Waals surface area contributed by atoms with Crippen LogP contribution in [0.5, 0.6) is 11.5 Å². The number of ether oxygens (including phenoxy) is 2. The largest absolute Gasteiger partial charge is 0.504 e. The number of methoxy groups -OCH3 is 1. The molecule has 3 N–H and O–H groups in total. The number of rotatable bonds is 6. The van der Waals surface area contributed by atoms with Crippen LogP contribution in [-0.2, 0) is 9.53 Å². The molecule has 1 atom stereocenters. The number of carbonyl (C=O) groups is 2. The predicted octanol–water partition coefficient (Wildman–Crippen LogP) is 4.07. The summed E-state index contributed by atoms with van der Waals surface area (Å²) in [4.78, 5) is 24.1. The van der Waals surface area contributed by atoms with Crippen molar-refractivity contribution in [2.24, 2.45) is 0 Å². The van der Waals surface area contributed by atoms with Crippen molar-refractivity contribution in [2.45, 2.75) is 12.0 Å². The van der Waals surface area contributed by atoms with Crippen molar-refractivity contribution in [2.75, 3.05) is 13.7 Å². The van der Waals surface area contributed by atoms with Crippen molar-refractivity contribution in [3.05, 3.63) is 83.4 Å². The number of carboxylic acids is 1. The maximum absolute atomic E-state index is 12.4. The number of hydrogen-bond donors (Lipinski definition) is 3. The highest BCUT2D eigenvalue weighted by Gasteiger charge is 2.30. The lowest BCUT2D eigenvalue weighted by Crippen LogP contribution is -2.34. The molecule has 1 aliphatic rings. The molecule has 158 valence electrons. The normalized spacial score (nSPS) is 13.1. The Morgan fingerprint density at radius 3 is 2.16 bits per heavy atom. The van der Waals surface area contributed by atoms with Gasteiger partial charge in [0.2, 0.25) is 0 Å². The van der Waals surface area contributed by atoms with Gasteiger partial charge in [0, 0.05) is 5.92 Å². The van der Waals surface area contributed by atoms with E-state index in [9.17, 15) is 19.8 Å². The Morgan fingerprint density at radius 1 is 1.00 bits per heavy atom. The molecule has 1 aliphatic carbocycles. The molecule has 0 radical (unpaired) electrons. The number of amides is 1. The van der Waals surface area contributed by atoms with Crippen LogP contribution in [0.1, 0.15) is 28.7 Å². The third-order valence-corrected chi connectivity index (χ3v) is 5.39. The fourth-order valence-electron chi connectivity index (χ4n) is 3.93. The number of hydrogen-bond acceptors (Lipinski definition) is 5. The van der Waals surface area contributed by atoms with Gasteiger partial charge in [0.1, 0.15) is 6.61 Å². The summed E-state index contributed by atoms with van der Waals surface area (Å²) in [7, 11) is 1.39. The second-order valence-electron chi connectivity index (χ2n) is 7.17. The van der Waals surface area contributed by atoms with Gasteiger partial charge in [0.25, 0.3) is 0 Å². The highest BCUT2D eigenvalue weighted by molar-refractivity contribution is 5.82. The van der Waals surface area contributed by atoms with Gasteiger partial charge in [-0.1, -0.05) is 54.6 Å². The van der Waals surface area contributed by atoms with Crippen LogP contribution in [0.4, 0.5) is 4.79 Å². The van der Waals surface area contributed by atoms with Crippen molar-refractivity contribution in [1.82, 2.24) is 5.32 Å². The smallest absolute Gasteiger partial charge is 0.408 e. The zero-order valence-electron chi connectivity index (χ0n) is 16.7. The molecule has 0 aliphatic heterocycles. The summed E-state index contributed by atoms with van der Waals surface area (Å²) in [5, 5.41) is 21.8. The van der Waals surface area contributed by atoms with Crippen LogP contribution in [-0.4, -0.2) is 36.0 Å². The number of phenolic OH excluding ortho intramolecular Hbond substituents is 1. The van der Waals surface area contributed by atoms with E-state index < -0.39 is 18.1 Å². The van der Waals surface area contributed by atoms with E-state index in [-0.39, 0.29) is 29.6 Å². The van der Waals surface area contributed by atoms with E-state index in [2.05, 4.69) is 5.32 Å². The number of carboxylic acid groups (broad SMARTS) is 1. The first-order chi connectivity index (χ1) is 15.0. The van der Waals surface area contributed by atoms with Gasteiger partial charge in [0.05, 0.1) is 7.11 Å². The van der Waals surface area contributed by atoms with Crippen molar-refractivity contribution in [1.29, 1.82) is 0 Å². The Kier molecular flexibility index (Phi) is 5.49. The van der Waals surface area contributed by atoms with Crippen molar-refractivity contribution in [3.63, 3.8) is 0 Å². The molecule has 7 nitrogen and oxygen atoms in total. The van der Waals surface area contributed by atoms with Crippen LogP contribution in [0, 0.1) is 0 Å². The van der Waals surface area contributed by atoms with Crippen LogP contribution in [0.15, 0.2) is 66.7 Å². The number of benzene rings is 3. The van der Waals surface area contributed by atoms with Gasteiger partial charge in [-0.3, -0.25) is 0 Å². The second kappa shape index (κ2) is 8.39. The number of aliphatic carboxylic acids is 1. The van der Waals surface area contributed by atoms with Crippen LogP contribution in [0.2, 0.25) is 0 Å². The van der Waals surface area contributed by atoms with E-state index in [0.717, 1.165) is 22.3 Å². The number of nitrogens with one attached hydrogen (secondary N) is 1. The molecule has 0 saturated heterocycles. The fraction of sp³-hybridized carbons (Fsp3) is 0.167. The molecule has 0 heterocycles. The molecule has 3 aromatic carbocycles. The first kappa shape index (κ1) is 20.3. The zero-order valence-corrected chi connectivity index (χ0v) is 16.7. The molecule has 0 fully saturated rings. The van der Waals surface area contributed by atoms with Crippen molar-refractivity contribution >= 4 is 12.1 Å². The van der Waals surface area contributed by atoms with Gasteiger partial charge in [-0.05, 0) is 39.9 Å². The second-order valence-corrected chi connectivity index (χ2v) is 7.17. The van der Waals surface area contributed by atoms with Crippen LogP contribution < -0.4 is 10.1 Å². The molecular weight excluding hydrogens is 398 g/mol. The Morgan fingerprint density at radius 2 is 1.61 bits per heavy atom. The molecule has 31 heavy (non-hydrogen) atoms. The summed E-state index contributed by atoms with van der Waals surface area (Å²) in [6.45, 7) is 0.0695. The Bertz CT molecular complexity index is 1100. The molecule has 4 rings (SSSR count). The lowest BCUT2D eigenvalue weighted by molar-refractivity contribution is -0.139. The Balaban J connectivity index is 1.48. The number of fused-ring (bicyclic) bond motifs is 3. The molecule has 1 amide bonds. The average Bonchev–Trinajstić information content (AvgIpc) is 3.09. The van der Waals surface area contributed by atoms with E-state index >= 15 is 0 Å². The lowest BCUT2D eigenvalue weighted by Gasteiger charge is -2.18. The summed E-state index contributed by atoms with van der Waals surface area (Å²) in [6, 6.07) is 18.6. The van der Waals surface area contributed by atoms with E-state index in [4.69, 9.17) is 9.47 Å². The number of carbonyl (C=O) groups excluding carboxylic acids is 1. The Hall–Kier alpha value is -4.00. The van der Waals surface area contributed by atoms with Gasteiger partial charge in [-0.15, -0.1) is 0 Å². The van der Waals surface area contributed by atoms with Crippen LogP contribution in [0.25, 0.3) is 11.1 Å². The van der Waals surface area contributed by atoms with Gasteiger partial charge < -0.3 is 25.0 Å². The average molecular weight is 419 g/mol. The fourth-order valence-corrected chi connectivity index (χ4v) is 3.93. The molecule has 0 aromatic heterocycles. The minimum atomic E-state index is -1.38. The summed E-state index contributed by atoms with van der Waals surface area (Å²) in [6.07, 6.45) is -0.857. The Labute approximate surface area is 178 Å². The van der Waals surface area contributed by atoms with E-state index in [1.807, 2.05) is 48.5 Å². The lowest BCUT2D eigenvalue weighted by atomic mass is 9.98. The summed E-state index contributed by atoms with van der Waals surface area (Å²) in [5.74, 6) is -1.43. The molecule has 1 unspecified atom stereocenters. The van der Waals surface area contributed by atoms with Crippen molar-refractivity contribution < 1.29 is 29.3 Å². The minimum Gasteiger partial charge on any atom is -0.504 e. The summed E-state index contributed by atoms with van der Waals surface area (Å²) < 4.78 is 10.4. The van der Waals surface area contributed by atoms with Gasteiger partial charge >= 0.3 is 12.1 Å². The third kappa shape index (κ3) is 3.90. The molecular formula is C24H21NO6. The van der Waals surface area contributed by atoms with E-state index in [1.54, 1.807) is 0 Å². The standard InChI is InChI=1S/C24H21NO6/c1-30-21-11-10-14(12-20(21)26)22(23(27)28)25-24(29)31-13-19-17-8-4-2-6-15(17)16-7-3-5-9-18(16)19/h2-12,19,22,26H,13H2,1H3,(H,25,29)(H,27,28). The predicted molar refractivity (Wildman–Crippen MR) is 113 cm³/mol. The van der Waals surface area contributed by atoms with Crippen LogP contribution in [0.3, 0.4) is 0 Å². The monoisotopic (exact) mass is 419 g/mol. The number of phenols is 1. The van der Waals surface area contributed by atoms with Crippen molar-refractivity contribution in [3.8, 4) is 22.6 Å². The van der Waals surface area contributed by atoms with E-state index in [1.165, 1.54) is 25.3 Å². The quantitative estimate of drug-likeness (QED) is 0.556. The summed E-state index contributed by atoms with van der Waals surface area (Å²) in [5.41, 5.74) is 4.52. The van der Waals surface area contributed by atoms with Gasteiger partial charge in [-0.2, -0.15) is 0 Å². The van der Waals surface area contributed by atoms with Gasteiger partial charge in [-0.25, -0.2) is 9.59 Å². The molecule has 0 spiro atoms. The van der Waals surface area contributed by atoms with Gasteiger partial charge in [0.15, 0.2) is 17.5 Å². The van der Waals surface area contributed by atoms with E-state index in [0.29, 0.717) is 0 Å². The highest BCUT2D eigenvalue weighted by Crippen LogP contribution is 2.44. The molecule has 0 bridgehead atoms. The zero-order chi connectivity index (χ0) is 22.0. The molecule has 7 heteroatoms. The molecule has 3 aromatic rings. The first-order valence-corrected chi connectivity index (χ1v) is 9.70. The number of aromatic hydroxyl groups is 1. The first-order valence-electron chi connectivity index (χ1n) is 9.70. The minimum absolute atomic E-state index is 0.0695. The highest BCUT2D eigenvalue weighted by atomic mass is 16.5. The molecule has 0 saturated carbocycles. The van der Waals surface area contributed by atoms with Crippen LogP contribution >= 0.6 is 0 Å². The maximum atomic E-state index is 12.4. The third-order valence-electron chi connectivity index (χ3n) is 5.39. The summed E-state index contributed by atoms with van der Waals surface area (Å²) >= 11 is 0.